The van der Waals surface area contributed by atoms with E-state index in [1.165, 1.54) is 6.07 Å². The second kappa shape index (κ2) is 3.31. The summed E-state index contributed by atoms with van der Waals surface area (Å²) in [7, 11) is 0. The molecule has 0 aromatic heterocycles. The van der Waals surface area contributed by atoms with E-state index >= 15 is 0 Å². The average molecular weight is 259 g/mol. The lowest BCUT2D eigenvalue weighted by Gasteiger charge is -2.12. The lowest BCUT2D eigenvalue weighted by atomic mass is 10.0. The molecule has 14 heavy (non-hydrogen) atoms. The van der Waals surface area contributed by atoms with Crippen LogP contribution in [0.1, 0.15) is 24.0 Å². The van der Waals surface area contributed by atoms with Crippen LogP contribution in [0.25, 0.3) is 0 Å². The van der Waals surface area contributed by atoms with Gasteiger partial charge in [0.1, 0.15) is 5.82 Å². The zero-order valence-corrected chi connectivity index (χ0v) is 9.57. The molecule has 0 saturated heterocycles. The Balaban J connectivity index is 2.35. The number of halogens is 2. The predicted octanol–water partition coefficient (Wildman–Crippen LogP) is 2.96. The van der Waals surface area contributed by atoms with Gasteiger partial charge in [-0.2, -0.15) is 0 Å². The Labute approximate surface area is 91.1 Å². The fourth-order valence-electron chi connectivity index (χ4n) is 1.56. The fourth-order valence-corrected chi connectivity index (χ4v) is 2.14. The van der Waals surface area contributed by atoms with E-state index in [0.717, 1.165) is 24.0 Å². The maximum atomic E-state index is 13.2. The Kier molecular flexibility index (Phi) is 2.40. The summed E-state index contributed by atoms with van der Waals surface area (Å²) >= 11 is 3.23. The zero-order chi connectivity index (χ0) is 10.3. The first-order valence-corrected chi connectivity index (χ1v) is 5.47. The Morgan fingerprint density at radius 3 is 2.71 bits per heavy atom. The minimum atomic E-state index is -0.568. The summed E-state index contributed by atoms with van der Waals surface area (Å²) in [6.07, 6.45) is 2.21. The predicted molar refractivity (Wildman–Crippen MR) is 56.7 cm³/mol. The van der Waals surface area contributed by atoms with Gasteiger partial charge in [0.15, 0.2) is 0 Å². The molecule has 1 N–H and O–H groups in total. The van der Waals surface area contributed by atoms with Crippen LogP contribution in [-0.2, 0) is 6.42 Å². The van der Waals surface area contributed by atoms with Crippen LogP contribution in [0.4, 0.5) is 4.39 Å². The van der Waals surface area contributed by atoms with Crippen molar-refractivity contribution in [3.63, 3.8) is 0 Å². The van der Waals surface area contributed by atoms with Gasteiger partial charge in [-0.3, -0.25) is 0 Å². The molecule has 1 aromatic rings. The van der Waals surface area contributed by atoms with E-state index in [1.54, 1.807) is 6.07 Å². The first-order valence-electron chi connectivity index (χ1n) is 4.68. The topological polar surface area (TPSA) is 20.2 Å². The van der Waals surface area contributed by atoms with E-state index in [0.29, 0.717) is 10.9 Å². The SMILES string of the molecule is Cc1ccc(F)c(Br)c1CC1(O)CC1. The van der Waals surface area contributed by atoms with Crippen LogP contribution in [0, 0.1) is 12.7 Å². The van der Waals surface area contributed by atoms with Crippen molar-refractivity contribution >= 4 is 15.9 Å². The molecule has 76 valence electrons. The Bertz CT molecular complexity index is 372. The Morgan fingerprint density at radius 1 is 1.50 bits per heavy atom. The molecule has 1 fully saturated rings. The van der Waals surface area contributed by atoms with Crippen LogP contribution in [0.3, 0.4) is 0 Å². The van der Waals surface area contributed by atoms with Gasteiger partial charge in [-0.05, 0) is 52.9 Å². The van der Waals surface area contributed by atoms with E-state index in [-0.39, 0.29) is 5.82 Å². The standard InChI is InChI=1S/C11H12BrFO/c1-7-2-3-9(13)10(12)8(7)6-11(14)4-5-11/h2-3,14H,4-6H2,1H3. The minimum Gasteiger partial charge on any atom is -0.390 e. The highest BCUT2D eigenvalue weighted by Gasteiger charge is 2.41. The molecule has 1 nitrogen and oxygen atoms in total. The molecule has 0 bridgehead atoms. The molecule has 3 heteroatoms. The van der Waals surface area contributed by atoms with Gasteiger partial charge in [-0.15, -0.1) is 0 Å². The van der Waals surface area contributed by atoms with Crippen LogP contribution in [0.5, 0.6) is 0 Å². The maximum absolute atomic E-state index is 13.2. The molecule has 0 aliphatic heterocycles. The van der Waals surface area contributed by atoms with Crippen molar-refractivity contribution in [1.82, 2.24) is 0 Å². The third-order valence-corrected chi connectivity index (χ3v) is 3.62. The first kappa shape index (κ1) is 10.1. The van der Waals surface area contributed by atoms with Gasteiger partial charge >= 0.3 is 0 Å². The van der Waals surface area contributed by atoms with Crippen molar-refractivity contribution < 1.29 is 9.50 Å². The van der Waals surface area contributed by atoms with Crippen LogP contribution >= 0.6 is 15.9 Å². The number of aryl methyl sites for hydroxylation is 1. The van der Waals surface area contributed by atoms with Crippen molar-refractivity contribution in [2.24, 2.45) is 0 Å². The molecule has 2 rings (SSSR count). The van der Waals surface area contributed by atoms with Crippen molar-refractivity contribution in [1.29, 1.82) is 0 Å². The fraction of sp³-hybridized carbons (Fsp3) is 0.455. The van der Waals surface area contributed by atoms with Gasteiger partial charge < -0.3 is 5.11 Å². The Hall–Kier alpha value is -0.410. The molecule has 1 aliphatic carbocycles. The summed E-state index contributed by atoms with van der Waals surface area (Å²) < 4.78 is 13.7. The highest BCUT2D eigenvalue weighted by Crippen LogP contribution is 2.40. The first-order chi connectivity index (χ1) is 6.52. The van der Waals surface area contributed by atoms with Crippen LogP contribution < -0.4 is 0 Å². The molecule has 0 radical (unpaired) electrons. The molecule has 0 unspecified atom stereocenters. The lowest BCUT2D eigenvalue weighted by Crippen LogP contribution is -2.12. The largest absolute Gasteiger partial charge is 0.390 e. The van der Waals surface area contributed by atoms with E-state index in [9.17, 15) is 9.50 Å². The number of rotatable bonds is 2. The van der Waals surface area contributed by atoms with Crippen LogP contribution in [0.2, 0.25) is 0 Å². The molecule has 0 amide bonds. The molecule has 1 aliphatic rings. The average Bonchev–Trinajstić information content (AvgIpc) is 2.86. The molecular formula is C11H12BrFO. The number of benzene rings is 1. The van der Waals surface area contributed by atoms with Gasteiger partial charge in [0, 0.05) is 6.42 Å². The lowest BCUT2D eigenvalue weighted by molar-refractivity contribution is 0.150. The van der Waals surface area contributed by atoms with Gasteiger partial charge in [0.05, 0.1) is 10.1 Å². The van der Waals surface area contributed by atoms with Crippen molar-refractivity contribution in [2.45, 2.75) is 31.8 Å². The van der Waals surface area contributed by atoms with Crippen LogP contribution in [0.15, 0.2) is 16.6 Å². The van der Waals surface area contributed by atoms with E-state index in [2.05, 4.69) is 15.9 Å². The molecular weight excluding hydrogens is 247 g/mol. The summed E-state index contributed by atoms with van der Waals surface area (Å²) in [6.45, 7) is 1.94. The van der Waals surface area contributed by atoms with Crippen LogP contribution in [-0.4, -0.2) is 10.7 Å². The summed E-state index contributed by atoms with van der Waals surface area (Å²) in [6, 6.07) is 3.20. The molecule has 0 heterocycles. The summed E-state index contributed by atoms with van der Waals surface area (Å²) in [4.78, 5) is 0. The molecule has 1 aromatic carbocycles. The van der Waals surface area contributed by atoms with E-state index in [4.69, 9.17) is 0 Å². The number of hydrogen-bond donors (Lipinski definition) is 1. The van der Waals surface area contributed by atoms with E-state index < -0.39 is 5.60 Å². The Morgan fingerprint density at radius 2 is 2.14 bits per heavy atom. The van der Waals surface area contributed by atoms with Gasteiger partial charge in [-0.25, -0.2) is 4.39 Å². The van der Waals surface area contributed by atoms with Crippen molar-refractivity contribution in [3.8, 4) is 0 Å². The third-order valence-electron chi connectivity index (χ3n) is 2.76. The molecule has 0 atom stereocenters. The van der Waals surface area contributed by atoms with E-state index in [1.807, 2.05) is 6.92 Å². The highest BCUT2D eigenvalue weighted by molar-refractivity contribution is 9.10. The normalized spacial score (nSPS) is 18.3. The third kappa shape index (κ3) is 1.84. The second-order valence-electron chi connectivity index (χ2n) is 4.06. The summed E-state index contributed by atoms with van der Waals surface area (Å²) in [5.74, 6) is -0.255. The quantitative estimate of drug-likeness (QED) is 0.865. The molecule has 1 saturated carbocycles. The monoisotopic (exact) mass is 258 g/mol. The van der Waals surface area contributed by atoms with Crippen molar-refractivity contribution in [2.75, 3.05) is 0 Å². The minimum absolute atomic E-state index is 0.255. The van der Waals surface area contributed by atoms with Gasteiger partial charge in [0.2, 0.25) is 0 Å². The second-order valence-corrected chi connectivity index (χ2v) is 4.85. The van der Waals surface area contributed by atoms with Crippen molar-refractivity contribution in [3.05, 3.63) is 33.5 Å². The van der Waals surface area contributed by atoms with Gasteiger partial charge in [-0.1, -0.05) is 6.07 Å². The molecule has 0 spiro atoms. The maximum Gasteiger partial charge on any atom is 0.137 e. The highest BCUT2D eigenvalue weighted by atomic mass is 79.9. The summed E-state index contributed by atoms with van der Waals surface area (Å²) in [5.41, 5.74) is 1.35. The summed E-state index contributed by atoms with van der Waals surface area (Å²) in [5, 5.41) is 9.78. The zero-order valence-electron chi connectivity index (χ0n) is 7.98. The number of hydrogen-bond acceptors (Lipinski definition) is 1. The number of aliphatic hydroxyl groups is 1. The smallest absolute Gasteiger partial charge is 0.137 e. The van der Waals surface area contributed by atoms with Gasteiger partial charge in [0.25, 0.3) is 0 Å².